The highest BCUT2D eigenvalue weighted by Gasteiger charge is 2.06. The Morgan fingerprint density at radius 3 is 1.88 bits per heavy atom. The van der Waals surface area contributed by atoms with E-state index in [2.05, 4.69) is 6.92 Å². The van der Waals surface area contributed by atoms with Gasteiger partial charge in [-0.3, -0.25) is 0 Å². The number of aromatic hydroxyl groups is 2. The van der Waals surface area contributed by atoms with Crippen LogP contribution in [-0.2, 0) is 0 Å². The number of unbranched alkanes of at least 4 members (excludes halogenated alkanes) is 3. The highest BCUT2D eigenvalue weighted by Crippen LogP contribution is 2.26. The molecule has 0 aromatic heterocycles. The van der Waals surface area contributed by atoms with Gasteiger partial charge in [0, 0.05) is 0 Å². The van der Waals surface area contributed by atoms with Crippen LogP contribution < -0.4 is 9.47 Å². The van der Waals surface area contributed by atoms with E-state index in [0.717, 1.165) is 65.1 Å². The molecule has 32 heavy (non-hydrogen) atoms. The molecule has 4 aromatic rings. The Labute approximate surface area is 189 Å². The minimum atomic E-state index is 0.148. The molecule has 0 heterocycles. The molecule has 2 N–H and O–H groups in total. The van der Waals surface area contributed by atoms with Crippen molar-refractivity contribution >= 4 is 21.5 Å². The van der Waals surface area contributed by atoms with Crippen LogP contribution in [0.4, 0.5) is 0 Å². The summed E-state index contributed by atoms with van der Waals surface area (Å²) in [5, 5.41) is 23.4. The van der Waals surface area contributed by atoms with Crippen LogP contribution in [0.3, 0.4) is 0 Å². The van der Waals surface area contributed by atoms with Crippen LogP contribution in [0.15, 0.2) is 72.8 Å². The van der Waals surface area contributed by atoms with Crippen molar-refractivity contribution in [1.29, 1.82) is 0 Å². The largest absolute Gasteiger partial charge is 0.508 e. The van der Waals surface area contributed by atoms with E-state index in [1.165, 1.54) is 0 Å². The summed E-state index contributed by atoms with van der Waals surface area (Å²) in [5.41, 5.74) is 0. The summed E-state index contributed by atoms with van der Waals surface area (Å²) in [4.78, 5) is 0. The summed E-state index contributed by atoms with van der Waals surface area (Å²) in [6.45, 7) is 2.80. The lowest BCUT2D eigenvalue weighted by Gasteiger charge is -2.15. The van der Waals surface area contributed by atoms with Gasteiger partial charge in [-0.15, -0.1) is 0 Å². The zero-order valence-electron chi connectivity index (χ0n) is 18.5. The van der Waals surface area contributed by atoms with E-state index in [9.17, 15) is 10.2 Å². The third-order valence-corrected chi connectivity index (χ3v) is 5.70. The van der Waals surface area contributed by atoms with Gasteiger partial charge in [0.15, 0.2) is 0 Å². The van der Waals surface area contributed by atoms with Crippen molar-refractivity contribution in [2.24, 2.45) is 0 Å². The standard InChI is InChI=1S/C28H30O4/c1-20(32-28-14-10-22-8-12-26(30)17-24(22)19-28)6-4-2-3-5-15-31-27-13-9-21-7-11-25(29)16-23(21)18-27/h7-14,16-20,29-30H,2-6,15H2,1H3. The van der Waals surface area contributed by atoms with Gasteiger partial charge < -0.3 is 19.7 Å². The van der Waals surface area contributed by atoms with Crippen molar-refractivity contribution in [3.63, 3.8) is 0 Å². The predicted octanol–water partition coefficient (Wildman–Crippen LogP) is 7.20. The molecule has 0 fully saturated rings. The topological polar surface area (TPSA) is 58.9 Å². The van der Waals surface area contributed by atoms with E-state index in [0.29, 0.717) is 6.61 Å². The SMILES string of the molecule is CC(CCCCCCOc1ccc2ccc(O)cc2c1)Oc1ccc2ccc(O)cc2c1. The molecule has 0 aliphatic rings. The summed E-state index contributed by atoms with van der Waals surface area (Å²) in [6.07, 6.45) is 5.55. The fraction of sp³-hybridized carbons (Fsp3) is 0.286. The molecule has 0 bridgehead atoms. The van der Waals surface area contributed by atoms with Crippen LogP contribution in [0, 0.1) is 0 Å². The Bertz CT molecular complexity index is 1180. The number of phenolic OH excluding ortho intramolecular Hbond substituents is 2. The van der Waals surface area contributed by atoms with Crippen molar-refractivity contribution in [2.45, 2.75) is 45.1 Å². The molecule has 0 radical (unpaired) electrons. The molecule has 0 aliphatic carbocycles. The number of hydrogen-bond acceptors (Lipinski definition) is 4. The Balaban J connectivity index is 1.13. The van der Waals surface area contributed by atoms with E-state index in [1.807, 2.05) is 48.5 Å². The average Bonchev–Trinajstić information content (AvgIpc) is 2.78. The normalized spacial score (nSPS) is 12.2. The molecule has 4 nitrogen and oxygen atoms in total. The summed E-state index contributed by atoms with van der Waals surface area (Å²) < 4.78 is 11.9. The van der Waals surface area contributed by atoms with Gasteiger partial charge in [-0.25, -0.2) is 0 Å². The summed E-state index contributed by atoms with van der Waals surface area (Å²) in [6, 6.07) is 22.7. The third kappa shape index (κ3) is 5.85. The lowest BCUT2D eigenvalue weighted by molar-refractivity contribution is 0.206. The van der Waals surface area contributed by atoms with E-state index in [4.69, 9.17) is 9.47 Å². The monoisotopic (exact) mass is 430 g/mol. The van der Waals surface area contributed by atoms with Crippen LogP contribution in [0.5, 0.6) is 23.0 Å². The maximum atomic E-state index is 9.67. The minimum absolute atomic E-state index is 0.148. The first-order chi connectivity index (χ1) is 15.6. The number of fused-ring (bicyclic) bond motifs is 2. The second kappa shape index (κ2) is 10.3. The zero-order valence-corrected chi connectivity index (χ0v) is 18.5. The van der Waals surface area contributed by atoms with E-state index in [-0.39, 0.29) is 17.6 Å². The lowest BCUT2D eigenvalue weighted by atomic mass is 10.1. The molecule has 4 rings (SSSR count). The van der Waals surface area contributed by atoms with Crippen LogP contribution >= 0.6 is 0 Å². The smallest absolute Gasteiger partial charge is 0.120 e. The number of hydrogen-bond donors (Lipinski definition) is 2. The van der Waals surface area contributed by atoms with Crippen molar-refractivity contribution in [3.8, 4) is 23.0 Å². The fourth-order valence-electron chi connectivity index (χ4n) is 3.96. The van der Waals surface area contributed by atoms with Crippen LogP contribution in [0.25, 0.3) is 21.5 Å². The van der Waals surface area contributed by atoms with Crippen molar-refractivity contribution in [3.05, 3.63) is 72.8 Å². The maximum absolute atomic E-state index is 9.67. The Hall–Kier alpha value is -3.40. The number of benzene rings is 4. The molecule has 0 spiro atoms. The molecule has 0 saturated carbocycles. The van der Waals surface area contributed by atoms with Gasteiger partial charge in [0.25, 0.3) is 0 Å². The van der Waals surface area contributed by atoms with E-state index < -0.39 is 0 Å². The molecule has 4 aromatic carbocycles. The van der Waals surface area contributed by atoms with Gasteiger partial charge in [-0.1, -0.05) is 37.1 Å². The van der Waals surface area contributed by atoms with E-state index in [1.54, 1.807) is 24.3 Å². The molecule has 166 valence electrons. The van der Waals surface area contributed by atoms with Gasteiger partial charge in [0.2, 0.25) is 0 Å². The minimum Gasteiger partial charge on any atom is -0.508 e. The first-order valence-corrected chi connectivity index (χ1v) is 11.3. The Morgan fingerprint density at radius 1 is 0.625 bits per heavy atom. The fourth-order valence-corrected chi connectivity index (χ4v) is 3.96. The number of ether oxygens (including phenoxy) is 2. The first kappa shape index (κ1) is 21.8. The second-order valence-corrected chi connectivity index (χ2v) is 8.37. The molecule has 1 unspecified atom stereocenters. The van der Waals surface area contributed by atoms with E-state index >= 15 is 0 Å². The third-order valence-electron chi connectivity index (χ3n) is 5.70. The van der Waals surface area contributed by atoms with Crippen molar-refractivity contribution in [2.75, 3.05) is 6.61 Å². The molecule has 1 atom stereocenters. The molecule has 0 saturated heterocycles. The second-order valence-electron chi connectivity index (χ2n) is 8.37. The highest BCUT2D eigenvalue weighted by atomic mass is 16.5. The average molecular weight is 431 g/mol. The van der Waals surface area contributed by atoms with Crippen molar-refractivity contribution < 1.29 is 19.7 Å². The zero-order chi connectivity index (χ0) is 22.3. The predicted molar refractivity (Wildman–Crippen MR) is 130 cm³/mol. The van der Waals surface area contributed by atoms with Gasteiger partial charge in [0.05, 0.1) is 12.7 Å². The van der Waals surface area contributed by atoms with Gasteiger partial charge in [-0.2, -0.15) is 0 Å². The summed E-state index contributed by atoms with van der Waals surface area (Å²) in [7, 11) is 0. The molecule has 4 heteroatoms. The molecule has 0 amide bonds. The first-order valence-electron chi connectivity index (χ1n) is 11.3. The van der Waals surface area contributed by atoms with Gasteiger partial charge >= 0.3 is 0 Å². The maximum Gasteiger partial charge on any atom is 0.120 e. The summed E-state index contributed by atoms with van der Waals surface area (Å²) >= 11 is 0. The quantitative estimate of drug-likeness (QED) is 0.261. The molecular formula is C28H30O4. The molecule has 0 aliphatic heterocycles. The Kier molecular flexibility index (Phi) is 7.00. The highest BCUT2D eigenvalue weighted by molar-refractivity contribution is 5.85. The molecular weight excluding hydrogens is 400 g/mol. The van der Waals surface area contributed by atoms with Crippen molar-refractivity contribution in [1.82, 2.24) is 0 Å². The Morgan fingerprint density at radius 2 is 1.19 bits per heavy atom. The van der Waals surface area contributed by atoms with Gasteiger partial charge in [0.1, 0.15) is 23.0 Å². The van der Waals surface area contributed by atoms with Crippen LogP contribution in [0.2, 0.25) is 0 Å². The summed E-state index contributed by atoms with van der Waals surface area (Å²) in [5.74, 6) is 2.22. The van der Waals surface area contributed by atoms with Crippen LogP contribution in [0.1, 0.15) is 39.0 Å². The van der Waals surface area contributed by atoms with Crippen LogP contribution in [-0.4, -0.2) is 22.9 Å². The van der Waals surface area contributed by atoms with Gasteiger partial charge in [-0.05, 0) is 96.3 Å². The number of rotatable bonds is 10. The number of phenols is 2. The lowest BCUT2D eigenvalue weighted by Crippen LogP contribution is -2.11.